The molecule has 0 amide bonds. The molecule has 0 fully saturated rings. The van der Waals surface area contributed by atoms with Gasteiger partial charge in [-0.15, -0.1) is 0 Å². The summed E-state index contributed by atoms with van der Waals surface area (Å²) in [6, 6.07) is 5.09. The molecule has 0 spiro atoms. The molecule has 0 unspecified atom stereocenters. The van der Waals surface area contributed by atoms with Gasteiger partial charge in [-0.2, -0.15) is 0 Å². The SMILES string of the molecule is COC(=O)Cc1ccc(OC(C)C)c(C=O)c1. The largest absolute Gasteiger partial charge is 0.490 e. The Bertz CT molecular complexity index is 410. The van der Waals surface area contributed by atoms with Crippen LogP contribution in [0.25, 0.3) is 0 Å². The average Bonchev–Trinajstić information content (AvgIpc) is 2.30. The molecule has 0 radical (unpaired) electrons. The first-order chi connectivity index (χ1) is 8.06. The van der Waals surface area contributed by atoms with Crippen molar-refractivity contribution in [2.75, 3.05) is 7.11 Å². The molecule has 0 atom stereocenters. The second kappa shape index (κ2) is 6.03. The van der Waals surface area contributed by atoms with Gasteiger partial charge >= 0.3 is 5.97 Å². The van der Waals surface area contributed by atoms with Crippen molar-refractivity contribution in [2.45, 2.75) is 26.4 Å². The smallest absolute Gasteiger partial charge is 0.309 e. The van der Waals surface area contributed by atoms with Gasteiger partial charge in [0.15, 0.2) is 6.29 Å². The minimum absolute atomic E-state index is 0.000145. The van der Waals surface area contributed by atoms with Crippen LogP contribution in [0.2, 0.25) is 0 Å². The number of hydrogen-bond donors (Lipinski definition) is 0. The fourth-order valence-electron chi connectivity index (χ4n) is 1.40. The van der Waals surface area contributed by atoms with Crippen LogP contribution in [-0.4, -0.2) is 25.5 Å². The first-order valence-corrected chi connectivity index (χ1v) is 5.38. The molecule has 0 aliphatic carbocycles. The topological polar surface area (TPSA) is 52.6 Å². The zero-order valence-electron chi connectivity index (χ0n) is 10.2. The normalized spacial score (nSPS) is 10.1. The number of carbonyl (C=O) groups excluding carboxylic acids is 2. The van der Waals surface area contributed by atoms with E-state index in [1.807, 2.05) is 13.8 Å². The van der Waals surface area contributed by atoms with E-state index in [0.29, 0.717) is 11.3 Å². The number of ether oxygens (including phenoxy) is 2. The second-order valence-corrected chi connectivity index (χ2v) is 3.91. The summed E-state index contributed by atoms with van der Waals surface area (Å²) in [4.78, 5) is 22.0. The summed E-state index contributed by atoms with van der Waals surface area (Å²) < 4.78 is 10.0. The third-order valence-electron chi connectivity index (χ3n) is 2.14. The molecule has 0 bridgehead atoms. The molecule has 4 nitrogen and oxygen atoms in total. The van der Waals surface area contributed by atoms with Gasteiger partial charge in [0.25, 0.3) is 0 Å². The van der Waals surface area contributed by atoms with Crippen LogP contribution in [0.15, 0.2) is 18.2 Å². The predicted octanol–water partition coefficient (Wildman–Crippen LogP) is 2.00. The Morgan fingerprint density at radius 1 is 1.41 bits per heavy atom. The van der Waals surface area contributed by atoms with E-state index >= 15 is 0 Å². The van der Waals surface area contributed by atoms with Crippen LogP contribution < -0.4 is 4.74 Å². The molecule has 92 valence electrons. The van der Waals surface area contributed by atoms with Crippen molar-refractivity contribution >= 4 is 12.3 Å². The fourth-order valence-corrected chi connectivity index (χ4v) is 1.40. The molecule has 0 aliphatic rings. The molecule has 1 rings (SSSR count). The van der Waals surface area contributed by atoms with Crippen LogP contribution in [0.5, 0.6) is 5.75 Å². The molecular formula is C13H16O4. The maximum Gasteiger partial charge on any atom is 0.309 e. The molecule has 17 heavy (non-hydrogen) atoms. The summed E-state index contributed by atoms with van der Waals surface area (Å²) in [5, 5.41) is 0. The number of aldehydes is 1. The number of esters is 1. The van der Waals surface area contributed by atoms with Crippen molar-refractivity contribution in [1.82, 2.24) is 0 Å². The van der Waals surface area contributed by atoms with Gasteiger partial charge in [0.1, 0.15) is 5.75 Å². The molecule has 0 N–H and O–H groups in total. The van der Waals surface area contributed by atoms with Crippen LogP contribution in [-0.2, 0) is 16.0 Å². The summed E-state index contributed by atoms with van der Waals surface area (Å²) >= 11 is 0. The van der Waals surface area contributed by atoms with E-state index in [2.05, 4.69) is 4.74 Å². The lowest BCUT2D eigenvalue weighted by atomic mass is 10.1. The number of hydrogen-bond acceptors (Lipinski definition) is 4. The lowest BCUT2D eigenvalue weighted by molar-refractivity contribution is -0.139. The molecule has 0 aliphatic heterocycles. The van der Waals surface area contributed by atoms with Crippen molar-refractivity contribution in [2.24, 2.45) is 0 Å². The summed E-state index contributed by atoms with van der Waals surface area (Å²) in [5.41, 5.74) is 1.18. The van der Waals surface area contributed by atoms with Crippen molar-refractivity contribution in [1.29, 1.82) is 0 Å². The predicted molar refractivity (Wildman–Crippen MR) is 63.3 cm³/mol. The van der Waals surface area contributed by atoms with Crippen LogP contribution >= 0.6 is 0 Å². The highest BCUT2D eigenvalue weighted by Gasteiger charge is 2.09. The maximum absolute atomic E-state index is 11.1. The van der Waals surface area contributed by atoms with Crippen LogP contribution in [0.4, 0.5) is 0 Å². The molecule has 0 heterocycles. The van der Waals surface area contributed by atoms with E-state index in [4.69, 9.17) is 4.74 Å². The standard InChI is InChI=1S/C13H16O4/c1-9(2)17-12-5-4-10(6-11(12)8-14)7-13(15)16-3/h4-6,8-9H,7H2,1-3H3. The Labute approximate surface area is 101 Å². The Hall–Kier alpha value is -1.84. The van der Waals surface area contributed by atoms with Crippen molar-refractivity contribution in [3.8, 4) is 5.75 Å². The minimum atomic E-state index is -0.334. The van der Waals surface area contributed by atoms with E-state index in [1.54, 1.807) is 18.2 Å². The molecule has 1 aromatic rings. The van der Waals surface area contributed by atoms with Crippen molar-refractivity contribution in [3.05, 3.63) is 29.3 Å². The van der Waals surface area contributed by atoms with Gasteiger partial charge in [0.2, 0.25) is 0 Å². The Kier molecular flexibility index (Phi) is 4.69. The number of rotatable bonds is 5. The highest BCUT2D eigenvalue weighted by atomic mass is 16.5. The highest BCUT2D eigenvalue weighted by Crippen LogP contribution is 2.20. The first kappa shape index (κ1) is 13.2. The molecule has 0 saturated heterocycles. The number of methoxy groups -OCH3 is 1. The molecule has 0 aromatic heterocycles. The third-order valence-corrected chi connectivity index (χ3v) is 2.14. The monoisotopic (exact) mass is 236 g/mol. The summed E-state index contributed by atoms with van der Waals surface area (Å²) in [7, 11) is 1.33. The maximum atomic E-state index is 11.1. The van der Waals surface area contributed by atoms with E-state index in [0.717, 1.165) is 11.8 Å². The van der Waals surface area contributed by atoms with Gasteiger partial charge in [-0.05, 0) is 31.5 Å². The first-order valence-electron chi connectivity index (χ1n) is 5.38. The van der Waals surface area contributed by atoms with Crippen molar-refractivity contribution < 1.29 is 19.1 Å². The zero-order chi connectivity index (χ0) is 12.8. The highest BCUT2D eigenvalue weighted by molar-refractivity contribution is 5.81. The summed E-state index contributed by atoms with van der Waals surface area (Å²) in [5.74, 6) is 0.197. The van der Waals surface area contributed by atoms with Crippen LogP contribution in [0.1, 0.15) is 29.8 Å². The van der Waals surface area contributed by atoms with Crippen LogP contribution in [0, 0.1) is 0 Å². The average molecular weight is 236 g/mol. The Balaban J connectivity index is 2.92. The molecular weight excluding hydrogens is 220 g/mol. The minimum Gasteiger partial charge on any atom is -0.490 e. The summed E-state index contributed by atoms with van der Waals surface area (Å²) in [6.07, 6.45) is 0.873. The van der Waals surface area contributed by atoms with E-state index < -0.39 is 0 Å². The van der Waals surface area contributed by atoms with Gasteiger partial charge in [-0.1, -0.05) is 6.07 Å². The van der Waals surface area contributed by atoms with Gasteiger partial charge < -0.3 is 9.47 Å². The van der Waals surface area contributed by atoms with Gasteiger partial charge in [0, 0.05) is 0 Å². The van der Waals surface area contributed by atoms with Gasteiger partial charge in [-0.25, -0.2) is 0 Å². The lowest BCUT2D eigenvalue weighted by Gasteiger charge is -2.12. The summed E-state index contributed by atoms with van der Waals surface area (Å²) in [6.45, 7) is 3.77. The van der Waals surface area contributed by atoms with Gasteiger partial charge in [0.05, 0.1) is 25.2 Å². The molecule has 1 aromatic carbocycles. The third kappa shape index (κ3) is 3.90. The Morgan fingerprint density at radius 2 is 2.12 bits per heavy atom. The fraction of sp³-hybridized carbons (Fsp3) is 0.385. The quantitative estimate of drug-likeness (QED) is 0.579. The Morgan fingerprint density at radius 3 is 2.65 bits per heavy atom. The van der Waals surface area contributed by atoms with Crippen molar-refractivity contribution in [3.63, 3.8) is 0 Å². The van der Waals surface area contributed by atoms with E-state index in [9.17, 15) is 9.59 Å². The lowest BCUT2D eigenvalue weighted by Crippen LogP contribution is -2.09. The molecule has 4 heteroatoms. The number of benzene rings is 1. The van der Waals surface area contributed by atoms with Gasteiger partial charge in [-0.3, -0.25) is 9.59 Å². The van der Waals surface area contributed by atoms with E-state index in [-0.39, 0.29) is 18.5 Å². The van der Waals surface area contributed by atoms with Crippen LogP contribution in [0.3, 0.4) is 0 Å². The molecule has 0 saturated carbocycles. The van der Waals surface area contributed by atoms with E-state index in [1.165, 1.54) is 7.11 Å². The zero-order valence-corrected chi connectivity index (χ0v) is 10.2. The second-order valence-electron chi connectivity index (χ2n) is 3.91. The number of carbonyl (C=O) groups is 2.